The molecule has 4 rings (SSSR count). The monoisotopic (exact) mass is 394 g/mol. The molecule has 1 N–H and O–H groups in total. The molecule has 1 saturated carbocycles. The maximum absolute atomic E-state index is 12.2. The van der Waals surface area contributed by atoms with E-state index in [-0.39, 0.29) is 35.2 Å². The minimum Gasteiger partial charge on any atom is -0.507 e. The van der Waals surface area contributed by atoms with E-state index in [1.807, 2.05) is 6.92 Å². The molecule has 0 radical (unpaired) electrons. The van der Waals surface area contributed by atoms with E-state index in [1.165, 1.54) is 13.2 Å². The molecule has 0 saturated heterocycles. The van der Waals surface area contributed by atoms with Crippen LogP contribution in [-0.2, 0) is 16.0 Å². The first-order valence-electron chi connectivity index (χ1n) is 10.2. The second kappa shape index (κ2) is 7.90. The second-order valence-corrected chi connectivity index (χ2v) is 8.12. The minimum absolute atomic E-state index is 0.0219. The van der Waals surface area contributed by atoms with Gasteiger partial charge in [-0.2, -0.15) is 0 Å². The summed E-state index contributed by atoms with van der Waals surface area (Å²) in [5.74, 6) is 1.08. The van der Waals surface area contributed by atoms with Crippen molar-refractivity contribution in [2.24, 2.45) is 11.8 Å². The van der Waals surface area contributed by atoms with Crippen LogP contribution in [0.5, 0.6) is 11.5 Å². The number of fused-ring (bicyclic) bond motifs is 1. The van der Waals surface area contributed by atoms with Gasteiger partial charge in [0.15, 0.2) is 6.29 Å². The number of aldehydes is 1. The van der Waals surface area contributed by atoms with E-state index in [0.717, 1.165) is 48.1 Å². The van der Waals surface area contributed by atoms with E-state index >= 15 is 0 Å². The van der Waals surface area contributed by atoms with Crippen LogP contribution in [0.2, 0.25) is 0 Å². The van der Waals surface area contributed by atoms with E-state index in [0.29, 0.717) is 12.2 Å². The maximum Gasteiger partial charge on any atom is 0.309 e. The van der Waals surface area contributed by atoms with Crippen LogP contribution in [0.3, 0.4) is 0 Å². The van der Waals surface area contributed by atoms with Gasteiger partial charge in [-0.1, -0.05) is 25.1 Å². The number of benzene rings is 2. The first-order valence-corrected chi connectivity index (χ1v) is 10.2. The van der Waals surface area contributed by atoms with Crippen molar-refractivity contribution in [2.45, 2.75) is 44.6 Å². The van der Waals surface area contributed by atoms with Gasteiger partial charge in [0.05, 0.1) is 18.6 Å². The fraction of sp³-hybridized carbons (Fsp3) is 0.417. The molecule has 1 heterocycles. The number of methoxy groups -OCH3 is 1. The fourth-order valence-corrected chi connectivity index (χ4v) is 4.45. The SMILES string of the molecule is COC(=O)C(C)C(c1ccc2c(c1)O[C@H](c1ccc(O)c(C=O)c1)CC2)C1CC1. The molecule has 5 heteroatoms. The van der Waals surface area contributed by atoms with Crippen molar-refractivity contribution in [1.82, 2.24) is 0 Å². The third kappa shape index (κ3) is 3.86. The molecule has 2 aromatic carbocycles. The molecular weight excluding hydrogens is 368 g/mol. The van der Waals surface area contributed by atoms with Gasteiger partial charge in [0.1, 0.15) is 17.6 Å². The number of phenolic OH excluding ortho intramolecular Hbond substituents is 1. The van der Waals surface area contributed by atoms with Crippen LogP contribution in [0, 0.1) is 11.8 Å². The van der Waals surface area contributed by atoms with E-state index in [1.54, 1.807) is 12.1 Å². The maximum atomic E-state index is 12.2. The van der Waals surface area contributed by atoms with Crippen molar-refractivity contribution in [1.29, 1.82) is 0 Å². The first-order chi connectivity index (χ1) is 14.0. The Kier molecular flexibility index (Phi) is 5.31. The Morgan fingerprint density at radius 2 is 2.00 bits per heavy atom. The highest BCUT2D eigenvalue weighted by Gasteiger charge is 2.39. The second-order valence-electron chi connectivity index (χ2n) is 8.12. The summed E-state index contributed by atoms with van der Waals surface area (Å²) in [6.45, 7) is 1.94. The summed E-state index contributed by atoms with van der Waals surface area (Å²) in [6, 6.07) is 11.3. The normalized spacial score (nSPS) is 20.1. The zero-order chi connectivity index (χ0) is 20.5. The number of esters is 1. The van der Waals surface area contributed by atoms with Crippen molar-refractivity contribution >= 4 is 12.3 Å². The number of rotatable bonds is 6. The smallest absolute Gasteiger partial charge is 0.309 e. The molecule has 1 aliphatic carbocycles. The molecule has 5 nitrogen and oxygen atoms in total. The third-order valence-corrected chi connectivity index (χ3v) is 6.21. The van der Waals surface area contributed by atoms with E-state index in [9.17, 15) is 14.7 Å². The zero-order valence-electron chi connectivity index (χ0n) is 16.8. The summed E-state index contributed by atoms with van der Waals surface area (Å²) in [4.78, 5) is 23.3. The molecule has 2 unspecified atom stereocenters. The summed E-state index contributed by atoms with van der Waals surface area (Å²) < 4.78 is 11.3. The Morgan fingerprint density at radius 1 is 1.21 bits per heavy atom. The van der Waals surface area contributed by atoms with Crippen molar-refractivity contribution in [2.75, 3.05) is 7.11 Å². The van der Waals surface area contributed by atoms with Gasteiger partial charge in [-0.3, -0.25) is 9.59 Å². The van der Waals surface area contributed by atoms with Crippen LogP contribution < -0.4 is 4.74 Å². The molecule has 0 spiro atoms. The number of aryl methyl sites for hydroxylation is 1. The first kappa shape index (κ1) is 19.5. The average molecular weight is 394 g/mol. The van der Waals surface area contributed by atoms with Crippen LogP contribution in [0.4, 0.5) is 0 Å². The average Bonchev–Trinajstić information content (AvgIpc) is 3.58. The van der Waals surface area contributed by atoms with Gasteiger partial charge in [-0.25, -0.2) is 0 Å². The van der Waals surface area contributed by atoms with E-state index < -0.39 is 0 Å². The largest absolute Gasteiger partial charge is 0.507 e. The van der Waals surface area contributed by atoms with Gasteiger partial charge >= 0.3 is 5.97 Å². The number of carbonyl (C=O) groups excluding carboxylic acids is 2. The number of phenols is 1. The highest BCUT2D eigenvalue weighted by Crippen LogP contribution is 2.48. The Hall–Kier alpha value is -2.82. The van der Waals surface area contributed by atoms with Gasteiger partial charge < -0.3 is 14.6 Å². The van der Waals surface area contributed by atoms with Crippen LogP contribution in [0.1, 0.15) is 65.3 Å². The van der Waals surface area contributed by atoms with Gasteiger partial charge in [0.25, 0.3) is 0 Å². The molecular formula is C24H26O5. The summed E-state index contributed by atoms with van der Waals surface area (Å²) in [6.07, 6.45) is 4.43. The lowest BCUT2D eigenvalue weighted by Gasteiger charge is -2.29. The Bertz CT molecular complexity index is 931. The Morgan fingerprint density at radius 3 is 2.69 bits per heavy atom. The number of hydrogen-bond donors (Lipinski definition) is 1. The zero-order valence-corrected chi connectivity index (χ0v) is 16.8. The van der Waals surface area contributed by atoms with Crippen LogP contribution in [-0.4, -0.2) is 24.5 Å². The van der Waals surface area contributed by atoms with E-state index in [4.69, 9.17) is 9.47 Å². The molecule has 1 fully saturated rings. The Balaban J connectivity index is 1.61. The number of hydrogen-bond acceptors (Lipinski definition) is 5. The lowest BCUT2D eigenvalue weighted by atomic mass is 9.82. The topological polar surface area (TPSA) is 72.8 Å². The van der Waals surface area contributed by atoms with Crippen molar-refractivity contribution in [3.05, 3.63) is 58.7 Å². The van der Waals surface area contributed by atoms with Gasteiger partial charge in [-0.15, -0.1) is 0 Å². The Labute approximate surface area is 170 Å². The molecule has 2 aromatic rings. The predicted octanol–water partition coefficient (Wildman–Crippen LogP) is 4.57. The van der Waals surface area contributed by atoms with Crippen molar-refractivity contribution in [3.63, 3.8) is 0 Å². The number of aromatic hydroxyl groups is 1. The van der Waals surface area contributed by atoms with E-state index in [2.05, 4.69) is 18.2 Å². The fourth-order valence-electron chi connectivity index (χ4n) is 4.45. The molecule has 2 aliphatic rings. The third-order valence-electron chi connectivity index (χ3n) is 6.21. The summed E-state index contributed by atoms with van der Waals surface area (Å²) in [7, 11) is 1.44. The summed E-state index contributed by atoms with van der Waals surface area (Å²) in [5, 5.41) is 9.75. The number of carbonyl (C=O) groups is 2. The highest BCUT2D eigenvalue weighted by atomic mass is 16.5. The van der Waals surface area contributed by atoms with Crippen LogP contribution in [0.15, 0.2) is 36.4 Å². The molecule has 29 heavy (non-hydrogen) atoms. The molecule has 1 aliphatic heterocycles. The van der Waals surface area contributed by atoms with Crippen LogP contribution >= 0.6 is 0 Å². The lowest BCUT2D eigenvalue weighted by Crippen LogP contribution is -2.23. The molecule has 0 aromatic heterocycles. The van der Waals surface area contributed by atoms with Crippen molar-refractivity contribution in [3.8, 4) is 11.5 Å². The lowest BCUT2D eigenvalue weighted by molar-refractivity contribution is -0.145. The van der Waals surface area contributed by atoms with Crippen molar-refractivity contribution < 1.29 is 24.2 Å². The van der Waals surface area contributed by atoms with Gasteiger partial charge in [0, 0.05) is 0 Å². The van der Waals surface area contributed by atoms with Crippen LogP contribution in [0.25, 0.3) is 0 Å². The predicted molar refractivity (Wildman–Crippen MR) is 108 cm³/mol. The molecule has 3 atom stereocenters. The summed E-state index contributed by atoms with van der Waals surface area (Å²) >= 11 is 0. The quantitative estimate of drug-likeness (QED) is 0.574. The highest BCUT2D eigenvalue weighted by molar-refractivity contribution is 5.79. The molecule has 0 bridgehead atoms. The van der Waals surface area contributed by atoms with Gasteiger partial charge in [-0.05, 0) is 72.4 Å². The molecule has 152 valence electrons. The number of ether oxygens (including phenoxy) is 2. The summed E-state index contributed by atoms with van der Waals surface area (Å²) in [5.41, 5.74) is 3.41. The van der Waals surface area contributed by atoms with Gasteiger partial charge in [0.2, 0.25) is 0 Å². The molecule has 0 amide bonds. The standard InChI is InChI=1S/C24H26O5/c1-14(24(27)28-2)23(16-4-5-16)18-6-3-15-8-10-21(29-22(15)12-18)17-7-9-20(26)19(11-17)13-25/h3,6-7,9,11-14,16,21,23,26H,4-5,8,10H2,1-2H3/t14?,21-,23?/m0/s1. The minimum atomic E-state index is -0.197.